The van der Waals surface area contributed by atoms with Crippen LogP contribution in [0.15, 0.2) is 42.5 Å². The zero-order valence-electron chi connectivity index (χ0n) is 16.7. The summed E-state index contributed by atoms with van der Waals surface area (Å²) in [4.78, 5) is 17.1. The van der Waals surface area contributed by atoms with Crippen LogP contribution in [0.5, 0.6) is 0 Å². The van der Waals surface area contributed by atoms with Crippen LogP contribution in [-0.2, 0) is 24.4 Å². The second kappa shape index (κ2) is 8.76. The van der Waals surface area contributed by atoms with Gasteiger partial charge in [0, 0.05) is 64.5 Å². The van der Waals surface area contributed by atoms with Gasteiger partial charge in [0.2, 0.25) is 5.91 Å². The molecule has 2 heterocycles. The first-order valence-corrected chi connectivity index (χ1v) is 10.3. The maximum atomic E-state index is 12.3. The normalized spacial score (nSPS) is 16.8. The van der Waals surface area contributed by atoms with Crippen LogP contribution in [0.4, 0.5) is 5.69 Å². The number of hydrogen-bond donors (Lipinski definition) is 2. The van der Waals surface area contributed by atoms with E-state index in [1.54, 1.807) is 0 Å². The highest BCUT2D eigenvalue weighted by molar-refractivity contribution is 5.76. The van der Waals surface area contributed by atoms with Crippen molar-refractivity contribution in [3.05, 3.63) is 64.7 Å². The van der Waals surface area contributed by atoms with Crippen LogP contribution in [0.25, 0.3) is 0 Å². The van der Waals surface area contributed by atoms with Crippen molar-refractivity contribution >= 4 is 11.6 Å². The van der Waals surface area contributed by atoms with Crippen molar-refractivity contribution in [2.45, 2.75) is 33.0 Å². The molecular formula is C23H30N4O. The van der Waals surface area contributed by atoms with Crippen molar-refractivity contribution in [3.8, 4) is 0 Å². The summed E-state index contributed by atoms with van der Waals surface area (Å²) in [6, 6.07) is 15.2. The van der Waals surface area contributed by atoms with Crippen molar-refractivity contribution < 1.29 is 4.79 Å². The van der Waals surface area contributed by atoms with E-state index >= 15 is 0 Å². The zero-order chi connectivity index (χ0) is 19.3. The lowest BCUT2D eigenvalue weighted by atomic mass is 10.1. The summed E-state index contributed by atoms with van der Waals surface area (Å²) >= 11 is 0. The molecule has 0 atom stereocenters. The maximum absolute atomic E-state index is 12.3. The average molecular weight is 379 g/mol. The van der Waals surface area contributed by atoms with E-state index in [2.05, 4.69) is 69.8 Å². The molecule has 0 unspecified atom stereocenters. The number of hydrogen-bond acceptors (Lipinski definition) is 4. The monoisotopic (exact) mass is 378 g/mol. The Morgan fingerprint density at radius 1 is 1.04 bits per heavy atom. The highest BCUT2D eigenvalue weighted by atomic mass is 16.1. The minimum atomic E-state index is 0.139. The van der Waals surface area contributed by atoms with Gasteiger partial charge in [-0.1, -0.05) is 30.3 Å². The minimum Gasteiger partial charge on any atom is -0.369 e. The van der Waals surface area contributed by atoms with E-state index in [1.165, 1.54) is 27.9 Å². The zero-order valence-corrected chi connectivity index (χ0v) is 16.7. The Labute approximate surface area is 167 Å². The lowest BCUT2D eigenvalue weighted by molar-refractivity contribution is -0.121. The number of aryl methyl sites for hydroxylation is 1. The molecule has 2 N–H and O–H groups in total. The van der Waals surface area contributed by atoms with E-state index in [4.69, 9.17) is 0 Å². The molecule has 5 heteroatoms. The van der Waals surface area contributed by atoms with Crippen molar-refractivity contribution in [2.24, 2.45) is 0 Å². The molecule has 0 bridgehead atoms. The minimum absolute atomic E-state index is 0.139. The quantitative estimate of drug-likeness (QED) is 0.811. The highest BCUT2D eigenvalue weighted by Gasteiger charge is 2.18. The molecule has 2 aliphatic heterocycles. The molecule has 148 valence electrons. The van der Waals surface area contributed by atoms with E-state index in [1.807, 2.05) is 0 Å². The molecule has 2 aromatic rings. The molecule has 0 aliphatic carbocycles. The van der Waals surface area contributed by atoms with E-state index in [0.717, 1.165) is 45.8 Å². The van der Waals surface area contributed by atoms with Crippen LogP contribution in [-0.4, -0.2) is 43.5 Å². The predicted molar refractivity (Wildman–Crippen MR) is 113 cm³/mol. The Morgan fingerprint density at radius 2 is 1.86 bits per heavy atom. The summed E-state index contributed by atoms with van der Waals surface area (Å²) in [5.74, 6) is 0.139. The van der Waals surface area contributed by atoms with Gasteiger partial charge in [0.1, 0.15) is 0 Å². The molecule has 0 spiro atoms. The number of piperazine rings is 1. The number of nitrogens with one attached hydrogen (secondary N) is 2. The van der Waals surface area contributed by atoms with Crippen LogP contribution in [0, 0.1) is 6.92 Å². The lowest BCUT2D eigenvalue weighted by Gasteiger charge is -2.36. The Balaban J connectivity index is 1.17. The number of rotatable bonds is 6. The Kier molecular flexibility index (Phi) is 5.93. The summed E-state index contributed by atoms with van der Waals surface area (Å²) < 4.78 is 0. The molecule has 1 saturated heterocycles. The lowest BCUT2D eigenvalue weighted by Crippen LogP contribution is -2.47. The molecule has 1 amide bonds. The fourth-order valence-corrected chi connectivity index (χ4v) is 4.06. The van der Waals surface area contributed by atoms with Crippen molar-refractivity contribution in [3.63, 3.8) is 0 Å². The number of nitrogens with zero attached hydrogens (tertiary/aromatic N) is 2. The number of amides is 1. The van der Waals surface area contributed by atoms with Gasteiger partial charge in [0.15, 0.2) is 0 Å². The van der Waals surface area contributed by atoms with Crippen molar-refractivity contribution in [1.82, 2.24) is 15.5 Å². The largest absolute Gasteiger partial charge is 0.369 e. The molecule has 0 radical (unpaired) electrons. The molecule has 1 fully saturated rings. The van der Waals surface area contributed by atoms with Crippen LogP contribution < -0.4 is 15.5 Å². The van der Waals surface area contributed by atoms with E-state index in [9.17, 15) is 4.79 Å². The fraction of sp³-hybridized carbons (Fsp3) is 0.435. The molecule has 2 aliphatic rings. The Morgan fingerprint density at radius 3 is 2.68 bits per heavy atom. The van der Waals surface area contributed by atoms with Crippen molar-refractivity contribution in [2.75, 3.05) is 37.6 Å². The summed E-state index contributed by atoms with van der Waals surface area (Å²) in [6.07, 6.45) is 0.566. The fourth-order valence-electron chi connectivity index (χ4n) is 4.06. The standard InChI is InChI=1S/C23H30N4O/c1-18-3-2-4-22(13-18)27-11-9-26(10-12-27)8-7-23(28)25-15-19-5-6-20-16-24-17-21(20)14-19/h2-6,13-14,24H,7-12,15-17H2,1H3,(H,25,28). The Bertz CT molecular complexity index is 827. The van der Waals surface area contributed by atoms with Crippen LogP contribution >= 0.6 is 0 Å². The van der Waals surface area contributed by atoms with Crippen LogP contribution in [0.3, 0.4) is 0 Å². The van der Waals surface area contributed by atoms with Gasteiger partial charge in [-0.05, 0) is 41.3 Å². The average Bonchev–Trinajstić information content (AvgIpc) is 3.19. The Hall–Kier alpha value is -2.37. The third-order valence-electron chi connectivity index (χ3n) is 5.79. The van der Waals surface area contributed by atoms with Crippen LogP contribution in [0.1, 0.15) is 28.7 Å². The molecule has 0 aromatic heterocycles. The number of anilines is 1. The first kappa shape index (κ1) is 19.0. The van der Waals surface area contributed by atoms with Gasteiger partial charge in [-0.25, -0.2) is 0 Å². The van der Waals surface area contributed by atoms with Gasteiger partial charge in [-0.3, -0.25) is 9.69 Å². The third kappa shape index (κ3) is 4.72. The molecule has 28 heavy (non-hydrogen) atoms. The second-order valence-corrected chi connectivity index (χ2v) is 7.90. The topological polar surface area (TPSA) is 47.6 Å². The number of fused-ring (bicyclic) bond motifs is 1. The van der Waals surface area contributed by atoms with Gasteiger partial charge in [-0.2, -0.15) is 0 Å². The van der Waals surface area contributed by atoms with E-state index in [0.29, 0.717) is 13.0 Å². The predicted octanol–water partition coefficient (Wildman–Crippen LogP) is 2.43. The van der Waals surface area contributed by atoms with Crippen molar-refractivity contribution in [1.29, 1.82) is 0 Å². The first-order chi connectivity index (χ1) is 13.7. The van der Waals surface area contributed by atoms with Gasteiger partial charge in [-0.15, -0.1) is 0 Å². The van der Waals surface area contributed by atoms with Crippen LogP contribution in [0.2, 0.25) is 0 Å². The number of carbonyl (C=O) groups is 1. The first-order valence-electron chi connectivity index (χ1n) is 10.3. The summed E-state index contributed by atoms with van der Waals surface area (Å²) in [7, 11) is 0. The molecule has 5 nitrogen and oxygen atoms in total. The number of carbonyl (C=O) groups excluding carboxylic acids is 1. The van der Waals surface area contributed by atoms with Gasteiger partial charge >= 0.3 is 0 Å². The van der Waals surface area contributed by atoms with Gasteiger partial charge < -0.3 is 15.5 Å². The van der Waals surface area contributed by atoms with Gasteiger partial charge in [0.25, 0.3) is 0 Å². The van der Waals surface area contributed by atoms with E-state index < -0.39 is 0 Å². The third-order valence-corrected chi connectivity index (χ3v) is 5.79. The maximum Gasteiger partial charge on any atom is 0.221 e. The number of benzene rings is 2. The molecular weight excluding hydrogens is 348 g/mol. The van der Waals surface area contributed by atoms with E-state index in [-0.39, 0.29) is 5.91 Å². The molecule has 4 rings (SSSR count). The molecule has 0 saturated carbocycles. The SMILES string of the molecule is Cc1cccc(N2CCN(CCC(=O)NCc3ccc4c(c3)CNC4)CC2)c1. The summed E-state index contributed by atoms with van der Waals surface area (Å²) in [6.45, 7) is 9.55. The van der Waals surface area contributed by atoms with Gasteiger partial charge in [0.05, 0.1) is 0 Å². The summed E-state index contributed by atoms with van der Waals surface area (Å²) in [5, 5.41) is 6.43. The second-order valence-electron chi connectivity index (χ2n) is 7.90. The smallest absolute Gasteiger partial charge is 0.221 e. The molecule has 2 aromatic carbocycles. The summed E-state index contributed by atoms with van der Waals surface area (Å²) in [5.41, 5.74) is 6.53. The highest BCUT2D eigenvalue weighted by Crippen LogP contribution is 2.18.